The van der Waals surface area contributed by atoms with Crippen molar-refractivity contribution in [2.24, 2.45) is 11.5 Å². The molecule has 0 aliphatic rings. The summed E-state index contributed by atoms with van der Waals surface area (Å²) in [5, 5.41) is 0.132. The Morgan fingerprint density at radius 2 is 2.00 bits per heavy atom. The summed E-state index contributed by atoms with van der Waals surface area (Å²) in [5.74, 6) is -0.576. The van der Waals surface area contributed by atoms with Gasteiger partial charge in [0, 0.05) is 6.08 Å². The lowest BCUT2D eigenvalue weighted by molar-refractivity contribution is -0.113. The highest BCUT2D eigenvalue weighted by atomic mass is 32.1. The lowest BCUT2D eigenvalue weighted by Crippen LogP contribution is -2.08. The van der Waals surface area contributed by atoms with E-state index in [1.165, 1.54) is 0 Å². The number of primary amides is 1. The number of hydrogen-bond donors (Lipinski definition) is 3. The zero-order chi connectivity index (χ0) is 5.86. The van der Waals surface area contributed by atoms with Crippen molar-refractivity contribution < 1.29 is 4.79 Å². The zero-order valence-electron chi connectivity index (χ0n) is 3.59. The summed E-state index contributed by atoms with van der Waals surface area (Å²) in [4.78, 5) is 9.83. The fraction of sp³-hybridized carbons (Fsp3) is 0. The molecule has 0 bridgehead atoms. The fourth-order valence-electron chi connectivity index (χ4n) is 0.146. The number of amides is 1. The molecule has 0 atom stereocenters. The van der Waals surface area contributed by atoms with Crippen LogP contribution in [0.1, 0.15) is 0 Å². The summed E-state index contributed by atoms with van der Waals surface area (Å²) in [6.45, 7) is 0. The summed E-state index contributed by atoms with van der Waals surface area (Å²) in [7, 11) is 0. The Hall–Kier alpha value is -0.640. The van der Waals surface area contributed by atoms with E-state index in [4.69, 9.17) is 5.73 Å². The summed E-state index contributed by atoms with van der Waals surface area (Å²) < 4.78 is 0. The Morgan fingerprint density at radius 1 is 1.57 bits per heavy atom. The van der Waals surface area contributed by atoms with Gasteiger partial charge in [0.05, 0.1) is 5.03 Å². The SMILES string of the molecule is NC(=O)C=C(N)S. The van der Waals surface area contributed by atoms with Crippen LogP contribution >= 0.6 is 12.6 Å². The molecule has 7 heavy (non-hydrogen) atoms. The molecular weight excluding hydrogens is 112 g/mol. The highest BCUT2D eigenvalue weighted by molar-refractivity contribution is 7.84. The summed E-state index contributed by atoms with van der Waals surface area (Å²) in [6.07, 6.45) is 1.03. The number of hydrogen-bond acceptors (Lipinski definition) is 3. The van der Waals surface area contributed by atoms with E-state index in [-0.39, 0.29) is 5.03 Å². The van der Waals surface area contributed by atoms with Gasteiger partial charge in [-0.2, -0.15) is 0 Å². The molecule has 0 aliphatic carbocycles. The maximum atomic E-state index is 9.83. The molecule has 0 saturated carbocycles. The van der Waals surface area contributed by atoms with Crippen molar-refractivity contribution in [2.45, 2.75) is 0 Å². The molecule has 4 N–H and O–H groups in total. The average molecular weight is 118 g/mol. The first kappa shape index (κ1) is 6.36. The fourth-order valence-corrected chi connectivity index (χ4v) is 0.273. The molecule has 0 fully saturated rings. The molecular formula is C3H6N2OS. The van der Waals surface area contributed by atoms with Crippen molar-refractivity contribution in [1.29, 1.82) is 0 Å². The predicted octanol–water partition coefficient (Wildman–Crippen LogP) is -0.798. The van der Waals surface area contributed by atoms with E-state index >= 15 is 0 Å². The first-order valence-electron chi connectivity index (χ1n) is 1.58. The number of nitrogens with two attached hydrogens (primary N) is 2. The lowest BCUT2D eigenvalue weighted by Gasteiger charge is -1.81. The Kier molecular flexibility index (Phi) is 2.29. The number of rotatable bonds is 1. The van der Waals surface area contributed by atoms with Gasteiger partial charge in [0.1, 0.15) is 0 Å². The summed E-state index contributed by atoms with van der Waals surface area (Å²) >= 11 is 3.58. The smallest absolute Gasteiger partial charge is 0.244 e. The minimum atomic E-state index is -0.576. The van der Waals surface area contributed by atoms with Crippen molar-refractivity contribution in [1.82, 2.24) is 0 Å². The molecule has 0 spiro atoms. The Labute approximate surface area is 46.8 Å². The van der Waals surface area contributed by atoms with E-state index in [2.05, 4.69) is 18.4 Å². The minimum absolute atomic E-state index is 0.132. The molecule has 0 saturated heterocycles. The molecule has 0 aromatic rings. The lowest BCUT2D eigenvalue weighted by atomic mass is 10.6. The molecule has 0 aromatic carbocycles. The molecule has 4 heteroatoms. The van der Waals surface area contributed by atoms with E-state index in [9.17, 15) is 4.79 Å². The largest absolute Gasteiger partial charge is 0.394 e. The van der Waals surface area contributed by atoms with Gasteiger partial charge in [-0.15, -0.1) is 12.6 Å². The van der Waals surface area contributed by atoms with E-state index in [0.29, 0.717) is 0 Å². The van der Waals surface area contributed by atoms with Crippen molar-refractivity contribution >= 4 is 18.5 Å². The van der Waals surface area contributed by atoms with Gasteiger partial charge >= 0.3 is 0 Å². The van der Waals surface area contributed by atoms with Gasteiger partial charge in [-0.1, -0.05) is 0 Å². The van der Waals surface area contributed by atoms with Crippen molar-refractivity contribution in [3.05, 3.63) is 11.1 Å². The van der Waals surface area contributed by atoms with Crippen LogP contribution in [0.3, 0.4) is 0 Å². The van der Waals surface area contributed by atoms with Crippen LogP contribution in [0.15, 0.2) is 11.1 Å². The zero-order valence-corrected chi connectivity index (χ0v) is 4.48. The summed E-state index contributed by atoms with van der Waals surface area (Å²) in [6, 6.07) is 0. The van der Waals surface area contributed by atoms with Crippen LogP contribution in [0.2, 0.25) is 0 Å². The second kappa shape index (κ2) is 2.52. The topological polar surface area (TPSA) is 69.1 Å². The van der Waals surface area contributed by atoms with Crippen LogP contribution in [0.25, 0.3) is 0 Å². The third-order valence-electron chi connectivity index (χ3n) is 0.290. The maximum absolute atomic E-state index is 9.83. The standard InChI is InChI=1S/C3H6N2OS/c4-2(6)1-3(5)7/h1,7H,5H2,(H2,4,6). The van der Waals surface area contributed by atoms with Crippen LogP contribution < -0.4 is 11.5 Å². The molecule has 3 nitrogen and oxygen atoms in total. The van der Waals surface area contributed by atoms with Gasteiger partial charge in [0.2, 0.25) is 5.91 Å². The molecule has 40 valence electrons. The van der Waals surface area contributed by atoms with E-state index in [0.717, 1.165) is 6.08 Å². The highest BCUT2D eigenvalue weighted by Crippen LogP contribution is 1.84. The van der Waals surface area contributed by atoms with E-state index < -0.39 is 5.91 Å². The second-order valence-corrected chi connectivity index (χ2v) is 1.49. The molecule has 0 aliphatic heterocycles. The van der Waals surface area contributed by atoms with Gasteiger partial charge in [-0.3, -0.25) is 4.79 Å². The molecule has 1 amide bonds. The predicted molar refractivity (Wildman–Crippen MR) is 30.5 cm³/mol. The van der Waals surface area contributed by atoms with Gasteiger partial charge in [-0.05, 0) is 0 Å². The van der Waals surface area contributed by atoms with Crippen LogP contribution in [-0.2, 0) is 4.79 Å². The van der Waals surface area contributed by atoms with Crippen molar-refractivity contribution in [2.75, 3.05) is 0 Å². The van der Waals surface area contributed by atoms with E-state index in [1.54, 1.807) is 0 Å². The molecule has 0 radical (unpaired) electrons. The second-order valence-electron chi connectivity index (χ2n) is 0.972. The number of carbonyl (C=O) groups is 1. The first-order valence-corrected chi connectivity index (χ1v) is 2.03. The third-order valence-corrected chi connectivity index (χ3v) is 0.419. The normalized spacial score (nSPS) is 11.3. The Bertz CT molecular complexity index is 106. The van der Waals surface area contributed by atoms with Crippen LogP contribution in [0, 0.1) is 0 Å². The van der Waals surface area contributed by atoms with Gasteiger partial charge in [-0.25, -0.2) is 0 Å². The average Bonchev–Trinajstić information content (AvgIpc) is 1.27. The summed E-state index contributed by atoms with van der Waals surface area (Å²) in [5.41, 5.74) is 9.57. The van der Waals surface area contributed by atoms with Crippen molar-refractivity contribution in [3.8, 4) is 0 Å². The van der Waals surface area contributed by atoms with Crippen molar-refractivity contribution in [3.63, 3.8) is 0 Å². The monoisotopic (exact) mass is 118 g/mol. The van der Waals surface area contributed by atoms with Gasteiger partial charge in [0.25, 0.3) is 0 Å². The van der Waals surface area contributed by atoms with Gasteiger partial charge in [0.15, 0.2) is 0 Å². The van der Waals surface area contributed by atoms with Gasteiger partial charge < -0.3 is 11.5 Å². The third kappa shape index (κ3) is 5.36. The number of carbonyl (C=O) groups excluding carboxylic acids is 1. The highest BCUT2D eigenvalue weighted by Gasteiger charge is 1.82. The molecule has 0 aromatic heterocycles. The van der Waals surface area contributed by atoms with E-state index in [1.807, 2.05) is 0 Å². The van der Waals surface area contributed by atoms with Crippen LogP contribution in [0.5, 0.6) is 0 Å². The van der Waals surface area contributed by atoms with Crippen LogP contribution in [-0.4, -0.2) is 5.91 Å². The number of thiol groups is 1. The minimum Gasteiger partial charge on any atom is -0.394 e. The molecule has 0 unspecified atom stereocenters. The first-order chi connectivity index (χ1) is 3.13. The Morgan fingerprint density at radius 3 is 2.00 bits per heavy atom. The molecule has 0 rings (SSSR count). The maximum Gasteiger partial charge on any atom is 0.244 e. The molecule has 0 heterocycles. The van der Waals surface area contributed by atoms with Crippen LogP contribution in [0.4, 0.5) is 0 Å². The quantitative estimate of drug-likeness (QED) is 0.311. The Balaban J connectivity index is 3.68.